The predicted molar refractivity (Wildman–Crippen MR) is 114 cm³/mol. The van der Waals surface area contributed by atoms with E-state index in [9.17, 15) is 0 Å². The van der Waals surface area contributed by atoms with Crippen LogP contribution in [0.4, 0.5) is 5.69 Å². The summed E-state index contributed by atoms with van der Waals surface area (Å²) >= 11 is 0. The Kier molecular flexibility index (Phi) is 4.79. The van der Waals surface area contributed by atoms with E-state index in [1.54, 1.807) is 0 Å². The molecule has 1 N–H and O–H groups in total. The summed E-state index contributed by atoms with van der Waals surface area (Å²) in [7, 11) is 0. The van der Waals surface area contributed by atoms with Crippen LogP contribution in [0.2, 0.25) is 0 Å². The number of nitrogens with one attached hydrogen (secondary N) is 1. The van der Waals surface area contributed by atoms with Crippen molar-refractivity contribution in [1.82, 2.24) is 14.5 Å². The van der Waals surface area contributed by atoms with Gasteiger partial charge in [-0.25, -0.2) is 4.98 Å². The summed E-state index contributed by atoms with van der Waals surface area (Å²) in [4.78, 5) is 7.66. The Hall–Kier alpha value is -2.37. The summed E-state index contributed by atoms with van der Waals surface area (Å²) in [5, 5.41) is 3.63. The third-order valence-corrected chi connectivity index (χ3v) is 6.03. The first-order chi connectivity index (χ1) is 13.8. The van der Waals surface area contributed by atoms with Crippen LogP contribution in [0, 0.1) is 0 Å². The van der Waals surface area contributed by atoms with Crippen LogP contribution in [-0.2, 0) is 17.7 Å². The van der Waals surface area contributed by atoms with E-state index in [4.69, 9.17) is 9.72 Å². The van der Waals surface area contributed by atoms with Crippen molar-refractivity contribution in [3.63, 3.8) is 0 Å². The highest BCUT2D eigenvalue weighted by molar-refractivity contribution is 5.88. The van der Waals surface area contributed by atoms with Crippen LogP contribution in [-0.4, -0.2) is 53.3 Å². The molecule has 5 nitrogen and oxygen atoms in total. The molecule has 1 atom stereocenters. The standard InChI is InChI=1S/C23H28N4O/c1-17-7-8-19-20(24-17)9-10-21-22(19)25-23(18-5-3-2-4-6-18)27(21)12-11-26-13-15-28-16-14-26/h2-6,9-10,17,24H,7-8,11-16H2,1H3. The lowest BCUT2D eigenvalue weighted by molar-refractivity contribution is 0.0366. The molecule has 3 heterocycles. The second kappa shape index (κ2) is 7.57. The summed E-state index contributed by atoms with van der Waals surface area (Å²) in [6.45, 7) is 7.95. The van der Waals surface area contributed by atoms with Crippen molar-refractivity contribution in [2.75, 3.05) is 38.2 Å². The molecule has 1 fully saturated rings. The number of rotatable bonds is 4. The molecule has 0 radical (unpaired) electrons. The fraction of sp³-hybridized carbons (Fsp3) is 0.435. The molecule has 1 saturated heterocycles. The van der Waals surface area contributed by atoms with Crippen molar-refractivity contribution in [2.24, 2.45) is 0 Å². The monoisotopic (exact) mass is 376 g/mol. The number of hydrogen-bond donors (Lipinski definition) is 1. The number of fused-ring (bicyclic) bond motifs is 3. The third kappa shape index (κ3) is 3.29. The summed E-state index contributed by atoms with van der Waals surface area (Å²) in [5.41, 5.74) is 6.23. The molecule has 2 aromatic carbocycles. The van der Waals surface area contributed by atoms with E-state index < -0.39 is 0 Å². The van der Waals surface area contributed by atoms with Crippen LogP contribution in [0.25, 0.3) is 22.4 Å². The highest BCUT2D eigenvalue weighted by atomic mass is 16.5. The van der Waals surface area contributed by atoms with E-state index in [1.165, 1.54) is 22.3 Å². The Morgan fingerprint density at radius 2 is 1.89 bits per heavy atom. The molecule has 1 aromatic heterocycles. The van der Waals surface area contributed by atoms with Crippen molar-refractivity contribution >= 4 is 16.7 Å². The van der Waals surface area contributed by atoms with Crippen molar-refractivity contribution in [1.29, 1.82) is 0 Å². The Bertz CT molecular complexity index is 960. The lowest BCUT2D eigenvalue weighted by atomic mass is 9.98. The van der Waals surface area contributed by atoms with Crippen molar-refractivity contribution in [3.05, 3.63) is 48.0 Å². The first-order valence-electron chi connectivity index (χ1n) is 10.4. The lowest BCUT2D eigenvalue weighted by Gasteiger charge is -2.27. The largest absolute Gasteiger partial charge is 0.382 e. The van der Waals surface area contributed by atoms with Crippen LogP contribution < -0.4 is 5.32 Å². The second-order valence-corrected chi connectivity index (χ2v) is 7.95. The fourth-order valence-electron chi connectivity index (χ4n) is 4.43. The van der Waals surface area contributed by atoms with Gasteiger partial charge in [0.2, 0.25) is 0 Å². The number of imidazole rings is 1. The third-order valence-electron chi connectivity index (χ3n) is 6.03. The van der Waals surface area contributed by atoms with Gasteiger partial charge in [-0.05, 0) is 31.9 Å². The number of aryl methyl sites for hydroxylation is 1. The van der Waals surface area contributed by atoms with Gasteiger partial charge < -0.3 is 14.6 Å². The van der Waals surface area contributed by atoms with Gasteiger partial charge in [-0.15, -0.1) is 0 Å². The zero-order valence-electron chi connectivity index (χ0n) is 16.5. The minimum absolute atomic E-state index is 0.530. The van der Waals surface area contributed by atoms with Gasteiger partial charge in [0.05, 0.1) is 24.2 Å². The topological polar surface area (TPSA) is 42.3 Å². The summed E-state index contributed by atoms with van der Waals surface area (Å²) in [6.07, 6.45) is 2.25. The molecule has 1 unspecified atom stereocenters. The number of anilines is 1. The molecule has 5 heteroatoms. The fourth-order valence-corrected chi connectivity index (χ4v) is 4.43. The van der Waals surface area contributed by atoms with Gasteiger partial charge in [0.25, 0.3) is 0 Å². The van der Waals surface area contributed by atoms with Crippen molar-refractivity contribution in [3.8, 4) is 11.4 Å². The molecule has 3 aromatic rings. The Morgan fingerprint density at radius 3 is 2.71 bits per heavy atom. The maximum Gasteiger partial charge on any atom is 0.141 e. The van der Waals surface area contributed by atoms with Gasteiger partial charge in [-0.3, -0.25) is 4.90 Å². The minimum Gasteiger partial charge on any atom is -0.382 e. The molecule has 0 spiro atoms. The predicted octanol–water partition coefficient (Wildman–Crippen LogP) is 3.78. The van der Waals surface area contributed by atoms with Gasteiger partial charge in [-0.1, -0.05) is 30.3 Å². The summed E-state index contributed by atoms with van der Waals surface area (Å²) in [6, 6.07) is 15.6. The number of hydrogen-bond acceptors (Lipinski definition) is 4. The van der Waals surface area contributed by atoms with E-state index in [0.717, 1.165) is 63.6 Å². The number of ether oxygens (including phenoxy) is 1. The lowest BCUT2D eigenvalue weighted by Crippen LogP contribution is -2.38. The Morgan fingerprint density at radius 1 is 1.07 bits per heavy atom. The first-order valence-corrected chi connectivity index (χ1v) is 10.4. The molecule has 0 amide bonds. The number of nitrogens with zero attached hydrogens (tertiary/aromatic N) is 3. The molecule has 0 saturated carbocycles. The molecule has 0 aliphatic carbocycles. The van der Waals surface area contributed by atoms with Crippen molar-refractivity contribution in [2.45, 2.75) is 32.4 Å². The molecule has 28 heavy (non-hydrogen) atoms. The normalized spacial score (nSPS) is 20.1. The highest BCUT2D eigenvalue weighted by Crippen LogP contribution is 2.34. The number of aromatic nitrogens is 2. The second-order valence-electron chi connectivity index (χ2n) is 7.95. The maximum absolute atomic E-state index is 5.50. The molecular weight excluding hydrogens is 348 g/mol. The van der Waals surface area contributed by atoms with E-state index in [2.05, 4.69) is 64.2 Å². The van der Waals surface area contributed by atoms with Gasteiger partial charge in [0.15, 0.2) is 0 Å². The highest BCUT2D eigenvalue weighted by Gasteiger charge is 2.22. The van der Waals surface area contributed by atoms with Gasteiger partial charge >= 0.3 is 0 Å². The Labute approximate surface area is 166 Å². The van der Waals surface area contributed by atoms with Crippen LogP contribution >= 0.6 is 0 Å². The molecule has 146 valence electrons. The number of morpholine rings is 1. The maximum atomic E-state index is 5.50. The van der Waals surface area contributed by atoms with E-state index >= 15 is 0 Å². The average Bonchev–Trinajstić information content (AvgIpc) is 3.12. The van der Waals surface area contributed by atoms with E-state index in [-0.39, 0.29) is 0 Å². The molecular formula is C23H28N4O. The molecule has 0 bridgehead atoms. The van der Waals surface area contributed by atoms with Gasteiger partial charge in [0.1, 0.15) is 5.82 Å². The van der Waals surface area contributed by atoms with Crippen LogP contribution in [0.3, 0.4) is 0 Å². The first kappa shape index (κ1) is 17.7. The van der Waals surface area contributed by atoms with Crippen molar-refractivity contribution < 1.29 is 4.74 Å². The van der Waals surface area contributed by atoms with Gasteiger partial charge in [-0.2, -0.15) is 0 Å². The quantitative estimate of drug-likeness (QED) is 0.752. The van der Waals surface area contributed by atoms with E-state index in [0.29, 0.717) is 6.04 Å². The summed E-state index contributed by atoms with van der Waals surface area (Å²) in [5.74, 6) is 1.08. The molecule has 5 rings (SSSR count). The van der Waals surface area contributed by atoms with Crippen LogP contribution in [0.15, 0.2) is 42.5 Å². The smallest absolute Gasteiger partial charge is 0.141 e. The zero-order chi connectivity index (χ0) is 18.9. The summed E-state index contributed by atoms with van der Waals surface area (Å²) < 4.78 is 7.92. The van der Waals surface area contributed by atoms with Gasteiger partial charge in [0, 0.05) is 49.0 Å². The SMILES string of the molecule is CC1CCc2c(ccc3c2nc(-c2ccccc2)n3CCN2CCOCC2)N1. The molecule has 2 aliphatic heterocycles. The zero-order valence-corrected chi connectivity index (χ0v) is 16.5. The van der Waals surface area contributed by atoms with Crippen LogP contribution in [0.5, 0.6) is 0 Å². The van der Waals surface area contributed by atoms with Crippen LogP contribution in [0.1, 0.15) is 18.9 Å². The molecule has 2 aliphatic rings. The number of benzene rings is 2. The minimum atomic E-state index is 0.530. The average molecular weight is 377 g/mol. The Balaban J connectivity index is 1.57. The van der Waals surface area contributed by atoms with E-state index in [1.807, 2.05) is 0 Å².